The zero-order chi connectivity index (χ0) is 22.5. The number of pyridine rings is 1. The van der Waals surface area contributed by atoms with Crippen LogP contribution in [0.5, 0.6) is 0 Å². The lowest BCUT2D eigenvalue weighted by Crippen LogP contribution is -2.46. The van der Waals surface area contributed by atoms with E-state index >= 15 is 0 Å². The van der Waals surface area contributed by atoms with E-state index in [1.807, 2.05) is 25.4 Å². The van der Waals surface area contributed by atoms with Gasteiger partial charge in [-0.2, -0.15) is 0 Å². The van der Waals surface area contributed by atoms with E-state index in [-0.39, 0.29) is 6.10 Å². The van der Waals surface area contributed by atoms with Crippen LogP contribution in [0.15, 0.2) is 48.7 Å². The van der Waals surface area contributed by atoms with Crippen LogP contribution >= 0.6 is 0 Å². The topological polar surface area (TPSA) is 49.7 Å². The van der Waals surface area contributed by atoms with E-state index in [2.05, 4.69) is 66.4 Å². The van der Waals surface area contributed by atoms with Crippen LogP contribution in [0.2, 0.25) is 0 Å². The van der Waals surface area contributed by atoms with E-state index in [0.717, 1.165) is 75.8 Å². The zero-order valence-electron chi connectivity index (χ0n) is 19.4. The third kappa shape index (κ3) is 5.13. The average Bonchev–Trinajstić information content (AvgIpc) is 3.22. The number of fused-ring (bicyclic) bond motifs is 1. The van der Waals surface area contributed by atoms with Gasteiger partial charge in [0.1, 0.15) is 12.1 Å². The maximum absolute atomic E-state index is 6.05. The molecule has 7 heteroatoms. The van der Waals surface area contributed by atoms with Crippen LogP contribution in [0.1, 0.15) is 12.8 Å². The Balaban J connectivity index is 1.02. The van der Waals surface area contributed by atoms with Crippen molar-refractivity contribution in [1.82, 2.24) is 19.4 Å². The van der Waals surface area contributed by atoms with Crippen LogP contribution < -0.4 is 9.80 Å². The summed E-state index contributed by atoms with van der Waals surface area (Å²) >= 11 is 0. The fourth-order valence-corrected chi connectivity index (χ4v) is 4.70. The summed E-state index contributed by atoms with van der Waals surface area (Å²) in [6, 6.07) is 14.6. The van der Waals surface area contributed by atoms with Gasteiger partial charge in [0, 0.05) is 58.2 Å². The third-order valence-electron chi connectivity index (χ3n) is 6.64. The quantitative estimate of drug-likeness (QED) is 0.564. The molecule has 7 nitrogen and oxygen atoms in total. The molecule has 0 atom stereocenters. The average molecular weight is 445 g/mol. The van der Waals surface area contributed by atoms with Gasteiger partial charge in [0.2, 0.25) is 5.95 Å². The summed E-state index contributed by atoms with van der Waals surface area (Å²) in [4.78, 5) is 16.4. The Hall–Kier alpha value is -3.08. The number of ether oxygens (including phenoxy) is 1. The fraction of sp³-hybridized carbons (Fsp3) is 0.462. The fourth-order valence-electron chi connectivity index (χ4n) is 4.70. The molecule has 0 spiro atoms. The minimum atomic E-state index is 0.276. The second-order valence-corrected chi connectivity index (χ2v) is 8.77. The number of rotatable bonds is 5. The van der Waals surface area contributed by atoms with Gasteiger partial charge in [-0.1, -0.05) is 30.0 Å². The van der Waals surface area contributed by atoms with Crippen molar-refractivity contribution in [2.24, 2.45) is 7.05 Å². The summed E-state index contributed by atoms with van der Waals surface area (Å²) in [5.74, 6) is 7.53. The number of hydrogen-bond donors (Lipinski definition) is 0. The van der Waals surface area contributed by atoms with Crippen molar-refractivity contribution in [3.05, 3.63) is 48.7 Å². The highest BCUT2D eigenvalue weighted by Crippen LogP contribution is 2.23. The Morgan fingerprint density at radius 1 is 0.909 bits per heavy atom. The number of benzene rings is 1. The van der Waals surface area contributed by atoms with E-state index in [9.17, 15) is 0 Å². The van der Waals surface area contributed by atoms with Crippen molar-refractivity contribution in [3.8, 4) is 11.8 Å². The third-order valence-corrected chi connectivity index (χ3v) is 6.64. The number of piperazine rings is 1. The van der Waals surface area contributed by atoms with Crippen LogP contribution in [0.25, 0.3) is 11.2 Å². The summed E-state index contributed by atoms with van der Waals surface area (Å²) < 4.78 is 8.14. The summed E-state index contributed by atoms with van der Waals surface area (Å²) in [5, 5.41) is 0. The Kier molecular flexibility index (Phi) is 6.75. The number of para-hydroxylation sites is 1. The zero-order valence-corrected chi connectivity index (χ0v) is 19.4. The van der Waals surface area contributed by atoms with E-state index in [1.165, 1.54) is 5.69 Å². The molecule has 3 aromatic rings. The molecule has 0 N–H and O–H groups in total. The molecule has 0 radical (unpaired) electrons. The number of nitrogens with zero attached hydrogens (tertiary/aromatic N) is 6. The van der Waals surface area contributed by atoms with Gasteiger partial charge in [-0.15, -0.1) is 0 Å². The van der Waals surface area contributed by atoms with Crippen LogP contribution in [0.3, 0.4) is 0 Å². The van der Waals surface area contributed by atoms with Crippen molar-refractivity contribution in [3.63, 3.8) is 0 Å². The van der Waals surface area contributed by atoms with E-state index in [4.69, 9.17) is 9.72 Å². The van der Waals surface area contributed by atoms with Gasteiger partial charge in [-0.3, -0.25) is 9.47 Å². The van der Waals surface area contributed by atoms with Crippen molar-refractivity contribution in [1.29, 1.82) is 0 Å². The van der Waals surface area contributed by atoms with Crippen molar-refractivity contribution in [2.45, 2.75) is 18.9 Å². The standard InChI is InChI=1S/C26H32N6O/c1-29-25-24(10-7-13-27-25)28-26(29)32-15-11-23(12-16-32)33-21-6-5-14-30-17-19-31(20-18-30)22-8-3-2-4-9-22/h2-4,7-10,13,23H,11-12,14-21H2,1H3. The molecule has 2 aliphatic rings. The van der Waals surface area contributed by atoms with Crippen molar-refractivity contribution in [2.75, 3.05) is 62.2 Å². The number of hydrogen-bond acceptors (Lipinski definition) is 6. The van der Waals surface area contributed by atoms with Gasteiger partial charge < -0.3 is 14.5 Å². The maximum atomic E-state index is 6.05. The van der Waals surface area contributed by atoms with Crippen LogP contribution in [0.4, 0.5) is 11.6 Å². The van der Waals surface area contributed by atoms with E-state index in [0.29, 0.717) is 6.61 Å². The predicted octanol–water partition coefficient (Wildman–Crippen LogP) is 2.78. The molecule has 33 heavy (non-hydrogen) atoms. The Morgan fingerprint density at radius 3 is 2.45 bits per heavy atom. The van der Waals surface area contributed by atoms with Crippen molar-refractivity contribution >= 4 is 22.8 Å². The molecule has 0 saturated carbocycles. The first kappa shape index (κ1) is 21.7. The highest BCUT2D eigenvalue weighted by Gasteiger charge is 2.23. The molecular formula is C26H32N6O. The molecule has 2 saturated heterocycles. The number of aryl methyl sites for hydroxylation is 1. The lowest BCUT2D eigenvalue weighted by atomic mass is 10.1. The van der Waals surface area contributed by atoms with Crippen LogP contribution in [-0.4, -0.2) is 78.0 Å². The van der Waals surface area contributed by atoms with Gasteiger partial charge in [0.05, 0.1) is 12.6 Å². The van der Waals surface area contributed by atoms with E-state index in [1.54, 1.807) is 0 Å². The molecular weight excluding hydrogens is 412 g/mol. The van der Waals surface area contributed by atoms with Crippen molar-refractivity contribution < 1.29 is 4.74 Å². The Bertz CT molecular complexity index is 1100. The molecule has 2 aromatic heterocycles. The summed E-state index contributed by atoms with van der Waals surface area (Å²) in [6.07, 6.45) is 4.09. The molecule has 0 amide bonds. The number of imidazole rings is 1. The van der Waals surface area contributed by atoms with Gasteiger partial charge >= 0.3 is 0 Å². The highest BCUT2D eigenvalue weighted by molar-refractivity contribution is 5.74. The molecule has 172 valence electrons. The number of anilines is 2. The first-order valence-corrected chi connectivity index (χ1v) is 11.9. The number of aromatic nitrogens is 3. The van der Waals surface area contributed by atoms with Gasteiger partial charge in [-0.25, -0.2) is 9.97 Å². The number of piperidine rings is 1. The predicted molar refractivity (Wildman–Crippen MR) is 133 cm³/mol. The first-order valence-electron chi connectivity index (χ1n) is 11.9. The lowest BCUT2D eigenvalue weighted by Gasteiger charge is -2.35. The molecule has 0 unspecified atom stereocenters. The molecule has 2 fully saturated rings. The minimum Gasteiger partial charge on any atom is -0.369 e. The summed E-state index contributed by atoms with van der Waals surface area (Å²) in [6.45, 7) is 7.46. The largest absolute Gasteiger partial charge is 0.369 e. The molecule has 1 aromatic carbocycles. The monoisotopic (exact) mass is 444 g/mol. The molecule has 5 rings (SSSR count). The second kappa shape index (κ2) is 10.2. The normalized spacial score (nSPS) is 17.8. The molecule has 4 heterocycles. The Morgan fingerprint density at radius 2 is 1.70 bits per heavy atom. The smallest absolute Gasteiger partial charge is 0.207 e. The molecule has 0 bridgehead atoms. The maximum Gasteiger partial charge on any atom is 0.207 e. The highest BCUT2D eigenvalue weighted by atomic mass is 16.5. The first-order chi connectivity index (χ1) is 16.3. The van der Waals surface area contributed by atoms with Gasteiger partial charge in [0.15, 0.2) is 5.65 Å². The molecule has 2 aliphatic heterocycles. The second-order valence-electron chi connectivity index (χ2n) is 8.77. The van der Waals surface area contributed by atoms with Gasteiger partial charge in [0.25, 0.3) is 0 Å². The molecule has 0 aliphatic carbocycles. The van der Waals surface area contributed by atoms with Crippen LogP contribution in [-0.2, 0) is 11.8 Å². The lowest BCUT2D eigenvalue weighted by molar-refractivity contribution is 0.0592. The van der Waals surface area contributed by atoms with E-state index < -0.39 is 0 Å². The Labute approximate surface area is 196 Å². The summed E-state index contributed by atoms with van der Waals surface area (Å²) in [5.41, 5.74) is 3.20. The summed E-state index contributed by atoms with van der Waals surface area (Å²) in [7, 11) is 2.04. The minimum absolute atomic E-state index is 0.276. The SMILES string of the molecule is Cn1c(N2CCC(OCC#CCN3CCN(c4ccccc4)CC3)CC2)nc2cccnc21. The van der Waals surface area contributed by atoms with Gasteiger partial charge in [-0.05, 0) is 37.1 Å². The van der Waals surface area contributed by atoms with Crippen LogP contribution in [0, 0.1) is 11.8 Å².